The Labute approximate surface area is 123 Å². The van der Waals surface area contributed by atoms with E-state index in [1.807, 2.05) is 35.7 Å². The largest absolute Gasteiger partial charge is 0.386 e. The Hall–Kier alpha value is -0.300. The minimum Gasteiger partial charge on any atom is -0.386 e. The van der Waals surface area contributed by atoms with Crippen molar-refractivity contribution in [3.8, 4) is 0 Å². The second kappa shape index (κ2) is 6.04. The molecule has 90 valence electrons. The molecule has 2 rings (SSSR count). The topological polar surface area (TPSA) is 32.3 Å². The Morgan fingerprint density at radius 3 is 2.88 bits per heavy atom. The fourth-order valence-electron chi connectivity index (χ4n) is 1.42. The Morgan fingerprint density at radius 1 is 1.41 bits per heavy atom. The van der Waals surface area contributed by atoms with Crippen molar-refractivity contribution in [1.29, 1.82) is 0 Å². The second-order valence-electron chi connectivity index (χ2n) is 3.54. The van der Waals surface area contributed by atoms with E-state index in [9.17, 15) is 5.11 Å². The number of aliphatic hydroxyl groups is 1. The third kappa shape index (κ3) is 3.58. The summed E-state index contributed by atoms with van der Waals surface area (Å²) >= 11 is 9.66. The molecule has 0 aliphatic rings. The minimum atomic E-state index is -0.471. The predicted octanol–water partition coefficient (Wildman–Crippen LogP) is 4.15. The maximum absolute atomic E-state index is 9.94. The molecule has 2 N–H and O–H groups in total. The van der Waals surface area contributed by atoms with Crippen LogP contribution < -0.4 is 5.32 Å². The molecule has 1 aromatic carbocycles. The van der Waals surface area contributed by atoms with Crippen LogP contribution in [0.2, 0.25) is 5.02 Å². The molecule has 2 nitrogen and oxygen atoms in total. The van der Waals surface area contributed by atoms with E-state index in [2.05, 4.69) is 27.9 Å². The fourth-order valence-corrected chi connectivity index (χ4v) is 3.19. The summed E-state index contributed by atoms with van der Waals surface area (Å²) in [5.74, 6) is 0. The molecule has 0 radical (unpaired) electrons. The molecule has 5 heteroatoms. The molecule has 2 aromatic rings. The van der Waals surface area contributed by atoms with Crippen molar-refractivity contribution >= 4 is 51.2 Å². The number of halogens is 2. The Morgan fingerprint density at radius 2 is 2.24 bits per heavy atom. The molecule has 0 aliphatic heterocycles. The van der Waals surface area contributed by atoms with Crippen LogP contribution in [0.5, 0.6) is 0 Å². The van der Waals surface area contributed by atoms with Crippen LogP contribution in [-0.4, -0.2) is 11.7 Å². The van der Waals surface area contributed by atoms with Crippen molar-refractivity contribution in [2.45, 2.75) is 6.10 Å². The van der Waals surface area contributed by atoms with Crippen molar-refractivity contribution < 1.29 is 5.11 Å². The highest BCUT2D eigenvalue weighted by molar-refractivity contribution is 14.1. The lowest BCUT2D eigenvalue weighted by atomic mass is 10.2. The smallest absolute Gasteiger partial charge is 0.105 e. The lowest BCUT2D eigenvalue weighted by molar-refractivity contribution is 0.195. The molecule has 0 bridgehead atoms. The van der Waals surface area contributed by atoms with Gasteiger partial charge in [-0.15, -0.1) is 11.3 Å². The first kappa shape index (κ1) is 13.1. The van der Waals surface area contributed by atoms with Gasteiger partial charge in [-0.05, 0) is 52.2 Å². The van der Waals surface area contributed by atoms with Crippen molar-refractivity contribution in [3.63, 3.8) is 0 Å². The van der Waals surface area contributed by atoms with E-state index in [-0.39, 0.29) is 0 Å². The van der Waals surface area contributed by atoms with Crippen LogP contribution in [0.15, 0.2) is 35.7 Å². The van der Waals surface area contributed by atoms with Gasteiger partial charge in [-0.25, -0.2) is 0 Å². The highest BCUT2D eigenvalue weighted by Gasteiger charge is 2.09. The fraction of sp³-hybridized carbons (Fsp3) is 0.167. The molecule has 0 saturated heterocycles. The lowest BCUT2D eigenvalue weighted by Gasteiger charge is -2.12. The van der Waals surface area contributed by atoms with Gasteiger partial charge in [-0.3, -0.25) is 0 Å². The zero-order valence-electron chi connectivity index (χ0n) is 8.86. The first-order valence-corrected chi connectivity index (χ1v) is 7.41. The second-order valence-corrected chi connectivity index (χ2v) is 6.11. The van der Waals surface area contributed by atoms with E-state index in [1.165, 1.54) is 0 Å². The van der Waals surface area contributed by atoms with Crippen LogP contribution in [0.3, 0.4) is 0 Å². The van der Waals surface area contributed by atoms with E-state index in [4.69, 9.17) is 11.6 Å². The summed E-state index contributed by atoms with van der Waals surface area (Å²) in [4.78, 5) is 0.974. The molecule has 0 spiro atoms. The Bertz CT molecular complexity index is 489. The van der Waals surface area contributed by atoms with Crippen LogP contribution in [0.1, 0.15) is 11.0 Å². The average Bonchev–Trinajstić information content (AvgIpc) is 2.81. The van der Waals surface area contributed by atoms with Crippen LogP contribution in [0.4, 0.5) is 5.69 Å². The summed E-state index contributed by atoms with van der Waals surface area (Å²) in [7, 11) is 0. The van der Waals surface area contributed by atoms with Crippen LogP contribution in [0.25, 0.3) is 0 Å². The summed E-state index contributed by atoms with van der Waals surface area (Å²) in [5, 5.41) is 15.8. The summed E-state index contributed by atoms with van der Waals surface area (Å²) in [6.07, 6.45) is -0.471. The number of benzene rings is 1. The van der Waals surface area contributed by atoms with E-state index < -0.39 is 6.10 Å². The third-order valence-electron chi connectivity index (χ3n) is 2.29. The normalized spacial score (nSPS) is 12.4. The van der Waals surface area contributed by atoms with E-state index in [1.54, 1.807) is 11.3 Å². The van der Waals surface area contributed by atoms with Crippen molar-refractivity contribution in [1.82, 2.24) is 0 Å². The molecule has 0 aliphatic carbocycles. The van der Waals surface area contributed by atoms with E-state index in [0.29, 0.717) is 6.54 Å². The minimum absolute atomic E-state index is 0.471. The van der Waals surface area contributed by atoms with Gasteiger partial charge in [0.05, 0.1) is 0 Å². The van der Waals surface area contributed by atoms with Gasteiger partial charge in [0.25, 0.3) is 0 Å². The summed E-state index contributed by atoms with van der Waals surface area (Å²) in [6.45, 7) is 0.498. The number of thiophene rings is 1. The van der Waals surface area contributed by atoms with Gasteiger partial charge in [0.15, 0.2) is 0 Å². The average molecular weight is 380 g/mol. The number of aliphatic hydroxyl groups excluding tert-OH is 1. The van der Waals surface area contributed by atoms with Crippen molar-refractivity contribution in [3.05, 3.63) is 49.2 Å². The first-order chi connectivity index (χ1) is 8.16. The number of rotatable bonds is 4. The van der Waals surface area contributed by atoms with Gasteiger partial charge in [-0.2, -0.15) is 0 Å². The van der Waals surface area contributed by atoms with E-state index >= 15 is 0 Å². The molecule has 1 unspecified atom stereocenters. The Kier molecular flexibility index (Phi) is 4.67. The third-order valence-corrected chi connectivity index (χ3v) is 4.39. The highest BCUT2D eigenvalue weighted by Crippen LogP contribution is 2.24. The van der Waals surface area contributed by atoms with Crippen LogP contribution >= 0.6 is 45.5 Å². The molecule has 17 heavy (non-hydrogen) atoms. The van der Waals surface area contributed by atoms with Gasteiger partial charge in [0.2, 0.25) is 0 Å². The number of hydrogen-bond acceptors (Lipinski definition) is 3. The van der Waals surface area contributed by atoms with Crippen molar-refractivity contribution in [2.24, 2.45) is 0 Å². The van der Waals surface area contributed by atoms with E-state index in [0.717, 1.165) is 19.2 Å². The van der Waals surface area contributed by atoms with Gasteiger partial charge < -0.3 is 10.4 Å². The molecular weight excluding hydrogens is 369 g/mol. The maximum atomic E-state index is 9.94. The zero-order chi connectivity index (χ0) is 12.3. The molecule has 0 amide bonds. The van der Waals surface area contributed by atoms with Gasteiger partial charge in [-0.1, -0.05) is 17.7 Å². The molecule has 1 heterocycles. The quantitative estimate of drug-likeness (QED) is 0.782. The molecule has 1 aromatic heterocycles. The SMILES string of the molecule is OC(CNc1ccc(Cl)cc1I)c1cccs1. The molecule has 0 saturated carbocycles. The van der Waals surface area contributed by atoms with Crippen molar-refractivity contribution in [2.75, 3.05) is 11.9 Å². The zero-order valence-corrected chi connectivity index (χ0v) is 12.6. The van der Waals surface area contributed by atoms with Gasteiger partial charge in [0, 0.05) is 25.7 Å². The van der Waals surface area contributed by atoms with Gasteiger partial charge >= 0.3 is 0 Å². The lowest BCUT2D eigenvalue weighted by Crippen LogP contribution is -2.11. The molecule has 1 atom stereocenters. The highest BCUT2D eigenvalue weighted by atomic mass is 127. The number of hydrogen-bond donors (Lipinski definition) is 2. The summed E-state index contributed by atoms with van der Waals surface area (Å²) in [6, 6.07) is 9.52. The number of anilines is 1. The number of nitrogens with one attached hydrogen (secondary N) is 1. The van der Waals surface area contributed by atoms with Crippen LogP contribution in [0, 0.1) is 3.57 Å². The molecule has 0 fully saturated rings. The van der Waals surface area contributed by atoms with Gasteiger partial charge in [0.1, 0.15) is 6.10 Å². The first-order valence-electron chi connectivity index (χ1n) is 5.07. The standard InChI is InChI=1S/C12H11ClINOS/c13-8-3-4-10(9(14)6-8)15-7-11(16)12-2-1-5-17-12/h1-6,11,15-16H,7H2. The molecular formula is C12H11ClINOS. The summed E-state index contributed by atoms with van der Waals surface area (Å²) < 4.78 is 1.05. The van der Waals surface area contributed by atoms with Crippen LogP contribution in [-0.2, 0) is 0 Å². The summed E-state index contributed by atoms with van der Waals surface area (Å²) in [5.41, 5.74) is 0.991. The predicted molar refractivity (Wildman–Crippen MR) is 81.9 cm³/mol. The Balaban J connectivity index is 1.98. The monoisotopic (exact) mass is 379 g/mol. The maximum Gasteiger partial charge on any atom is 0.105 e.